The monoisotopic (exact) mass is 247 g/mol. The number of aryl methyl sites for hydroxylation is 1. The lowest BCUT2D eigenvalue weighted by Crippen LogP contribution is -2.00. The predicted molar refractivity (Wildman–Crippen MR) is 72.5 cm³/mol. The molecular formula is C13H17N3S. The second-order valence-electron chi connectivity index (χ2n) is 4.22. The minimum atomic E-state index is 0.703. The molecule has 0 fully saturated rings. The largest absolute Gasteiger partial charge is 0.300 e. The van der Waals surface area contributed by atoms with Crippen LogP contribution in [0.5, 0.6) is 0 Å². The van der Waals surface area contributed by atoms with Crippen molar-refractivity contribution in [3.8, 4) is 11.4 Å². The smallest absolute Gasteiger partial charge is 0.195 e. The Balaban J connectivity index is 2.38. The van der Waals surface area contributed by atoms with Gasteiger partial charge in [0.2, 0.25) is 0 Å². The zero-order chi connectivity index (χ0) is 12.3. The number of aromatic nitrogens is 3. The first-order chi connectivity index (χ1) is 8.22. The van der Waals surface area contributed by atoms with E-state index >= 15 is 0 Å². The fourth-order valence-corrected chi connectivity index (χ4v) is 1.99. The summed E-state index contributed by atoms with van der Waals surface area (Å²) in [6.07, 6.45) is 2.27. The van der Waals surface area contributed by atoms with Gasteiger partial charge >= 0.3 is 0 Å². The summed E-state index contributed by atoms with van der Waals surface area (Å²) in [7, 11) is 0. The summed E-state index contributed by atoms with van der Waals surface area (Å²) in [6.45, 7) is 5.18. The lowest BCUT2D eigenvalue weighted by atomic mass is 10.1. The normalized spacial score (nSPS) is 10.7. The molecule has 0 atom stereocenters. The van der Waals surface area contributed by atoms with Gasteiger partial charge in [-0.3, -0.25) is 5.10 Å². The van der Waals surface area contributed by atoms with Crippen LogP contribution in [0, 0.1) is 11.7 Å². The number of hydrogen-bond donors (Lipinski definition) is 1. The van der Waals surface area contributed by atoms with Crippen LogP contribution in [0.2, 0.25) is 0 Å². The molecule has 3 nitrogen and oxygen atoms in total. The summed E-state index contributed by atoms with van der Waals surface area (Å²) < 4.78 is 2.78. The highest BCUT2D eigenvalue weighted by Crippen LogP contribution is 2.18. The SMILES string of the molecule is CCCCn1c(-c2ccc(C)cc2)n[nH]c1=S. The van der Waals surface area contributed by atoms with Crippen molar-refractivity contribution in [3.05, 3.63) is 34.6 Å². The van der Waals surface area contributed by atoms with Gasteiger partial charge in [-0.2, -0.15) is 5.10 Å². The van der Waals surface area contributed by atoms with Crippen LogP contribution in [-0.2, 0) is 6.54 Å². The van der Waals surface area contributed by atoms with Crippen LogP contribution in [0.3, 0.4) is 0 Å². The molecule has 1 aromatic carbocycles. The highest BCUT2D eigenvalue weighted by molar-refractivity contribution is 7.71. The fraction of sp³-hybridized carbons (Fsp3) is 0.385. The van der Waals surface area contributed by atoms with E-state index < -0.39 is 0 Å². The number of aromatic amines is 1. The van der Waals surface area contributed by atoms with Crippen LogP contribution < -0.4 is 0 Å². The van der Waals surface area contributed by atoms with Crippen molar-refractivity contribution in [2.75, 3.05) is 0 Å². The average molecular weight is 247 g/mol. The van der Waals surface area contributed by atoms with Crippen LogP contribution >= 0.6 is 12.2 Å². The Kier molecular flexibility index (Phi) is 3.74. The van der Waals surface area contributed by atoms with Crippen molar-refractivity contribution >= 4 is 12.2 Å². The highest BCUT2D eigenvalue weighted by atomic mass is 32.1. The van der Waals surface area contributed by atoms with Gasteiger partial charge in [0, 0.05) is 12.1 Å². The number of rotatable bonds is 4. The van der Waals surface area contributed by atoms with Crippen molar-refractivity contribution < 1.29 is 0 Å². The van der Waals surface area contributed by atoms with E-state index in [1.165, 1.54) is 5.56 Å². The zero-order valence-electron chi connectivity index (χ0n) is 10.2. The van der Waals surface area contributed by atoms with Crippen LogP contribution in [-0.4, -0.2) is 14.8 Å². The van der Waals surface area contributed by atoms with Gasteiger partial charge in [0.25, 0.3) is 0 Å². The van der Waals surface area contributed by atoms with Crippen LogP contribution in [0.25, 0.3) is 11.4 Å². The molecule has 0 bridgehead atoms. The van der Waals surface area contributed by atoms with E-state index in [9.17, 15) is 0 Å². The molecule has 17 heavy (non-hydrogen) atoms. The Bertz CT molecular complexity index is 537. The van der Waals surface area contributed by atoms with Crippen molar-refractivity contribution in [2.24, 2.45) is 0 Å². The van der Waals surface area contributed by atoms with Crippen molar-refractivity contribution in [1.82, 2.24) is 14.8 Å². The molecule has 0 aliphatic heterocycles. The molecule has 2 rings (SSSR count). The lowest BCUT2D eigenvalue weighted by molar-refractivity contribution is 0.629. The molecule has 0 unspecified atom stereocenters. The molecule has 1 N–H and O–H groups in total. The Hall–Kier alpha value is -1.42. The fourth-order valence-electron chi connectivity index (χ4n) is 1.76. The molecule has 1 heterocycles. The molecule has 0 radical (unpaired) electrons. The highest BCUT2D eigenvalue weighted by Gasteiger charge is 2.07. The van der Waals surface area contributed by atoms with E-state index in [-0.39, 0.29) is 0 Å². The summed E-state index contributed by atoms with van der Waals surface area (Å²) in [5.74, 6) is 0.934. The van der Waals surface area contributed by atoms with Gasteiger partial charge in [0.15, 0.2) is 10.6 Å². The minimum Gasteiger partial charge on any atom is -0.300 e. The lowest BCUT2D eigenvalue weighted by Gasteiger charge is -2.06. The van der Waals surface area contributed by atoms with E-state index in [2.05, 4.69) is 52.9 Å². The number of H-pyrrole nitrogens is 1. The van der Waals surface area contributed by atoms with Gasteiger partial charge in [-0.25, -0.2) is 0 Å². The maximum atomic E-state index is 5.26. The van der Waals surface area contributed by atoms with E-state index in [0.29, 0.717) is 4.77 Å². The third kappa shape index (κ3) is 2.64. The summed E-state index contributed by atoms with van der Waals surface area (Å²) in [5.41, 5.74) is 2.36. The third-order valence-electron chi connectivity index (χ3n) is 2.80. The second kappa shape index (κ2) is 5.27. The Labute approximate surface area is 106 Å². The topological polar surface area (TPSA) is 33.6 Å². The average Bonchev–Trinajstić information content (AvgIpc) is 2.69. The van der Waals surface area contributed by atoms with E-state index in [4.69, 9.17) is 12.2 Å². The molecule has 0 amide bonds. The summed E-state index contributed by atoms with van der Waals surface area (Å²) in [5, 5.41) is 7.19. The molecule has 0 spiro atoms. The van der Waals surface area contributed by atoms with E-state index in [1.807, 2.05) is 0 Å². The molecule has 0 aliphatic carbocycles. The number of unbranched alkanes of at least 4 members (excludes halogenated alkanes) is 1. The molecule has 4 heteroatoms. The van der Waals surface area contributed by atoms with E-state index in [0.717, 1.165) is 30.8 Å². The maximum Gasteiger partial charge on any atom is 0.195 e. The first-order valence-corrected chi connectivity index (χ1v) is 6.35. The molecule has 0 saturated carbocycles. The second-order valence-corrected chi connectivity index (χ2v) is 4.61. The van der Waals surface area contributed by atoms with Gasteiger partial charge in [-0.15, -0.1) is 0 Å². The standard InChI is InChI=1S/C13H17N3S/c1-3-4-9-16-12(14-15-13(16)17)11-7-5-10(2)6-8-11/h5-8H,3-4,9H2,1-2H3,(H,15,17). The Morgan fingerprint density at radius 3 is 2.65 bits per heavy atom. The molecule has 0 aliphatic rings. The first kappa shape index (κ1) is 12.0. The number of benzene rings is 1. The molecule has 0 saturated heterocycles. The summed E-state index contributed by atoms with van der Waals surface area (Å²) in [6, 6.07) is 8.36. The van der Waals surface area contributed by atoms with E-state index in [1.54, 1.807) is 0 Å². The Morgan fingerprint density at radius 1 is 1.29 bits per heavy atom. The quantitative estimate of drug-likeness (QED) is 0.835. The van der Waals surface area contributed by atoms with Gasteiger partial charge < -0.3 is 4.57 Å². The molecule has 90 valence electrons. The molecule has 2 aromatic rings. The minimum absolute atomic E-state index is 0.703. The van der Waals surface area contributed by atoms with Gasteiger partial charge in [-0.1, -0.05) is 43.2 Å². The number of nitrogens with one attached hydrogen (secondary N) is 1. The van der Waals surface area contributed by atoms with Gasteiger partial charge in [0.1, 0.15) is 0 Å². The van der Waals surface area contributed by atoms with Gasteiger partial charge in [-0.05, 0) is 25.6 Å². The van der Waals surface area contributed by atoms with Crippen molar-refractivity contribution in [1.29, 1.82) is 0 Å². The predicted octanol–water partition coefficient (Wildman–Crippen LogP) is 3.72. The molecule has 1 aromatic heterocycles. The third-order valence-corrected chi connectivity index (χ3v) is 3.11. The van der Waals surface area contributed by atoms with Crippen LogP contribution in [0.4, 0.5) is 0 Å². The number of hydrogen-bond acceptors (Lipinski definition) is 2. The van der Waals surface area contributed by atoms with Gasteiger partial charge in [0.05, 0.1) is 0 Å². The Morgan fingerprint density at radius 2 is 2.00 bits per heavy atom. The zero-order valence-corrected chi connectivity index (χ0v) is 11.0. The number of nitrogens with zero attached hydrogens (tertiary/aromatic N) is 2. The van der Waals surface area contributed by atoms with Crippen molar-refractivity contribution in [3.63, 3.8) is 0 Å². The first-order valence-electron chi connectivity index (χ1n) is 5.94. The van der Waals surface area contributed by atoms with Crippen LogP contribution in [0.1, 0.15) is 25.3 Å². The summed E-state index contributed by atoms with van der Waals surface area (Å²) in [4.78, 5) is 0. The van der Waals surface area contributed by atoms with Crippen molar-refractivity contribution in [2.45, 2.75) is 33.2 Å². The maximum absolute atomic E-state index is 5.26. The molecular weight excluding hydrogens is 230 g/mol. The summed E-state index contributed by atoms with van der Waals surface area (Å²) >= 11 is 5.26. The van der Waals surface area contributed by atoms with Crippen LogP contribution in [0.15, 0.2) is 24.3 Å².